The number of carboxylic acids is 1. The highest BCUT2D eigenvalue weighted by molar-refractivity contribution is 6.30. The van der Waals surface area contributed by atoms with E-state index in [-0.39, 0.29) is 17.9 Å². The Labute approximate surface area is 161 Å². The lowest BCUT2D eigenvalue weighted by atomic mass is 9.86. The van der Waals surface area contributed by atoms with E-state index in [0.29, 0.717) is 43.0 Å². The molecule has 8 nitrogen and oxygen atoms in total. The number of halogens is 1. The molecule has 2 aromatic rings. The molecule has 2 N–H and O–H groups in total. The van der Waals surface area contributed by atoms with Crippen LogP contribution >= 0.6 is 11.6 Å². The van der Waals surface area contributed by atoms with E-state index in [1.807, 2.05) is 6.92 Å². The van der Waals surface area contributed by atoms with Crippen LogP contribution in [-0.2, 0) is 9.59 Å². The second-order valence-electron chi connectivity index (χ2n) is 6.76. The molecule has 27 heavy (non-hydrogen) atoms. The number of carboxylic acid groups (broad SMARTS) is 1. The molecule has 1 amide bonds. The number of benzene rings is 1. The number of aromatic nitrogens is 4. The van der Waals surface area contributed by atoms with Gasteiger partial charge < -0.3 is 10.4 Å². The largest absolute Gasteiger partial charge is 0.481 e. The summed E-state index contributed by atoms with van der Waals surface area (Å²) >= 11 is 5.89. The third kappa shape index (κ3) is 4.63. The van der Waals surface area contributed by atoms with Gasteiger partial charge >= 0.3 is 5.97 Å². The number of carbonyl (C=O) groups excluding carboxylic acids is 1. The number of hydrogen-bond donors (Lipinski definition) is 2. The zero-order valence-electron chi connectivity index (χ0n) is 15.0. The van der Waals surface area contributed by atoms with Gasteiger partial charge in [-0.05, 0) is 61.6 Å². The summed E-state index contributed by atoms with van der Waals surface area (Å²) in [4.78, 5) is 25.0. The van der Waals surface area contributed by atoms with E-state index in [1.165, 1.54) is 4.80 Å². The van der Waals surface area contributed by atoms with E-state index < -0.39 is 12.0 Å². The topological polar surface area (TPSA) is 110 Å². The van der Waals surface area contributed by atoms with Crippen LogP contribution in [0.1, 0.15) is 45.1 Å². The predicted molar refractivity (Wildman–Crippen MR) is 99.1 cm³/mol. The first-order valence-electron chi connectivity index (χ1n) is 9.06. The number of tetrazole rings is 1. The van der Waals surface area contributed by atoms with Gasteiger partial charge in [0, 0.05) is 16.6 Å². The highest BCUT2D eigenvalue weighted by atomic mass is 35.5. The monoisotopic (exact) mass is 391 g/mol. The molecule has 0 radical (unpaired) electrons. The van der Waals surface area contributed by atoms with Gasteiger partial charge in [-0.3, -0.25) is 9.59 Å². The van der Waals surface area contributed by atoms with Crippen molar-refractivity contribution in [1.29, 1.82) is 0 Å². The molecule has 0 bridgehead atoms. The van der Waals surface area contributed by atoms with E-state index in [2.05, 4.69) is 20.7 Å². The third-order valence-corrected chi connectivity index (χ3v) is 5.17. The SMILES string of the molecule is CCC(C(=O)NC1CCC(C(=O)O)CC1)n1nnc(-c2ccc(Cl)cc2)n1. The molecule has 0 saturated heterocycles. The van der Waals surface area contributed by atoms with Crippen LogP contribution in [0.15, 0.2) is 24.3 Å². The molecule has 1 heterocycles. The highest BCUT2D eigenvalue weighted by Gasteiger charge is 2.29. The van der Waals surface area contributed by atoms with Crippen LogP contribution in [0, 0.1) is 5.92 Å². The maximum absolute atomic E-state index is 12.7. The second-order valence-corrected chi connectivity index (χ2v) is 7.20. The molecule has 1 aromatic heterocycles. The maximum atomic E-state index is 12.7. The Balaban J connectivity index is 1.64. The molecule has 1 aliphatic rings. The Kier molecular flexibility index (Phi) is 6.05. The van der Waals surface area contributed by atoms with Crippen LogP contribution < -0.4 is 5.32 Å². The number of nitrogens with zero attached hydrogens (tertiary/aromatic N) is 4. The molecule has 1 aliphatic carbocycles. The number of aliphatic carboxylic acids is 1. The van der Waals surface area contributed by atoms with Gasteiger partial charge in [0.1, 0.15) is 0 Å². The van der Waals surface area contributed by atoms with Crippen molar-refractivity contribution >= 4 is 23.5 Å². The lowest BCUT2D eigenvalue weighted by Gasteiger charge is -2.28. The van der Waals surface area contributed by atoms with Gasteiger partial charge in [-0.15, -0.1) is 10.2 Å². The lowest BCUT2D eigenvalue weighted by Crippen LogP contribution is -2.42. The average Bonchev–Trinajstić information content (AvgIpc) is 3.13. The van der Waals surface area contributed by atoms with Crippen molar-refractivity contribution < 1.29 is 14.7 Å². The fourth-order valence-corrected chi connectivity index (χ4v) is 3.43. The van der Waals surface area contributed by atoms with Gasteiger partial charge in [0.2, 0.25) is 11.7 Å². The minimum Gasteiger partial charge on any atom is -0.481 e. The van der Waals surface area contributed by atoms with E-state index in [9.17, 15) is 9.59 Å². The van der Waals surface area contributed by atoms with Crippen molar-refractivity contribution in [3.8, 4) is 11.4 Å². The standard InChI is InChI=1S/C18H22ClN5O3/c1-2-15(17(25)20-14-9-5-12(6-10-14)18(26)27)24-22-16(21-23-24)11-3-7-13(19)8-4-11/h3-4,7-8,12,14-15H,2,5-6,9-10H2,1H3,(H,20,25)(H,26,27). The molecule has 144 valence electrons. The van der Waals surface area contributed by atoms with Gasteiger partial charge in [0.25, 0.3) is 0 Å². The smallest absolute Gasteiger partial charge is 0.306 e. The summed E-state index contributed by atoms with van der Waals surface area (Å²) in [5.74, 6) is -0.803. The Morgan fingerprint density at radius 2 is 1.93 bits per heavy atom. The molecular formula is C18H22ClN5O3. The van der Waals surface area contributed by atoms with Crippen molar-refractivity contribution in [1.82, 2.24) is 25.5 Å². The number of rotatable bonds is 6. The Morgan fingerprint density at radius 1 is 1.26 bits per heavy atom. The summed E-state index contributed by atoms with van der Waals surface area (Å²) in [5, 5.41) is 25.1. The normalized spacial score (nSPS) is 20.8. The first kappa shape index (κ1) is 19.3. The fourth-order valence-electron chi connectivity index (χ4n) is 3.31. The van der Waals surface area contributed by atoms with Crippen molar-refractivity contribution in [3.05, 3.63) is 29.3 Å². The van der Waals surface area contributed by atoms with E-state index >= 15 is 0 Å². The minimum atomic E-state index is -0.757. The number of carbonyl (C=O) groups is 2. The van der Waals surface area contributed by atoms with E-state index in [4.69, 9.17) is 16.7 Å². The van der Waals surface area contributed by atoms with Gasteiger partial charge in [-0.1, -0.05) is 18.5 Å². The number of amides is 1. The fraction of sp³-hybridized carbons (Fsp3) is 0.500. The Hall–Kier alpha value is -2.48. The van der Waals surface area contributed by atoms with Crippen LogP contribution in [0.5, 0.6) is 0 Å². The number of nitrogens with one attached hydrogen (secondary N) is 1. The lowest BCUT2D eigenvalue weighted by molar-refractivity contribution is -0.142. The first-order valence-corrected chi connectivity index (χ1v) is 9.44. The predicted octanol–water partition coefficient (Wildman–Crippen LogP) is 2.70. The summed E-state index contributed by atoms with van der Waals surface area (Å²) < 4.78 is 0. The average molecular weight is 392 g/mol. The molecule has 0 aliphatic heterocycles. The van der Waals surface area contributed by atoms with Crippen LogP contribution in [0.25, 0.3) is 11.4 Å². The summed E-state index contributed by atoms with van der Waals surface area (Å²) in [5.41, 5.74) is 0.771. The quantitative estimate of drug-likeness (QED) is 0.783. The van der Waals surface area contributed by atoms with Crippen molar-refractivity contribution in [3.63, 3.8) is 0 Å². The van der Waals surface area contributed by atoms with Gasteiger partial charge in [-0.25, -0.2) is 0 Å². The summed E-state index contributed by atoms with van der Waals surface area (Å²) in [7, 11) is 0. The molecule has 3 rings (SSSR count). The van der Waals surface area contributed by atoms with Crippen LogP contribution in [0.4, 0.5) is 0 Å². The van der Waals surface area contributed by atoms with Gasteiger partial charge in [0.15, 0.2) is 6.04 Å². The van der Waals surface area contributed by atoms with Crippen LogP contribution in [0.2, 0.25) is 5.02 Å². The molecule has 0 spiro atoms. The second kappa shape index (κ2) is 8.47. The Morgan fingerprint density at radius 3 is 2.52 bits per heavy atom. The summed E-state index contributed by atoms with van der Waals surface area (Å²) in [6, 6.07) is 6.51. The Bertz CT molecular complexity index is 800. The third-order valence-electron chi connectivity index (χ3n) is 4.92. The molecule has 1 aromatic carbocycles. The van der Waals surface area contributed by atoms with Crippen molar-refractivity contribution in [2.24, 2.45) is 5.92 Å². The minimum absolute atomic E-state index is 0.0126. The van der Waals surface area contributed by atoms with Crippen molar-refractivity contribution in [2.45, 2.75) is 51.1 Å². The molecular weight excluding hydrogens is 370 g/mol. The number of hydrogen-bond acceptors (Lipinski definition) is 5. The zero-order chi connectivity index (χ0) is 19.4. The van der Waals surface area contributed by atoms with Crippen LogP contribution in [-0.4, -0.2) is 43.2 Å². The van der Waals surface area contributed by atoms with Crippen LogP contribution in [0.3, 0.4) is 0 Å². The summed E-state index contributed by atoms with van der Waals surface area (Å²) in [6.45, 7) is 1.89. The maximum Gasteiger partial charge on any atom is 0.306 e. The van der Waals surface area contributed by atoms with Crippen molar-refractivity contribution in [2.75, 3.05) is 0 Å². The van der Waals surface area contributed by atoms with Gasteiger partial charge in [0.05, 0.1) is 5.92 Å². The highest BCUT2D eigenvalue weighted by Crippen LogP contribution is 2.25. The summed E-state index contributed by atoms with van der Waals surface area (Å²) in [6.07, 6.45) is 3.02. The molecule has 1 saturated carbocycles. The molecule has 1 fully saturated rings. The molecule has 1 atom stereocenters. The zero-order valence-corrected chi connectivity index (χ0v) is 15.8. The molecule has 1 unspecified atom stereocenters. The van der Waals surface area contributed by atoms with E-state index in [0.717, 1.165) is 5.56 Å². The first-order chi connectivity index (χ1) is 13.0. The van der Waals surface area contributed by atoms with Gasteiger partial charge in [-0.2, -0.15) is 4.80 Å². The molecule has 9 heteroatoms. The van der Waals surface area contributed by atoms with E-state index in [1.54, 1.807) is 24.3 Å².